The van der Waals surface area contributed by atoms with Gasteiger partial charge in [-0.05, 0) is 31.0 Å². The fraction of sp³-hybridized carbons (Fsp3) is 0.364. The Hall–Kier alpha value is -0.870. The van der Waals surface area contributed by atoms with Gasteiger partial charge >= 0.3 is 0 Å². The van der Waals surface area contributed by atoms with Crippen molar-refractivity contribution >= 4 is 27.5 Å². The summed E-state index contributed by atoms with van der Waals surface area (Å²) in [6.07, 6.45) is 1.51. The average Bonchev–Trinajstić information content (AvgIpc) is 2.70. The summed E-state index contributed by atoms with van der Waals surface area (Å²) in [6, 6.07) is 7.53. The Kier molecular flexibility index (Phi) is 3.38. The van der Waals surface area contributed by atoms with E-state index in [1.165, 1.54) is 0 Å². The van der Waals surface area contributed by atoms with Crippen LogP contribution in [0.1, 0.15) is 12.8 Å². The van der Waals surface area contributed by atoms with Gasteiger partial charge in [-0.25, -0.2) is 0 Å². The number of halogens is 1. The van der Waals surface area contributed by atoms with E-state index in [1.807, 2.05) is 24.3 Å². The third-order valence-electron chi connectivity index (χ3n) is 2.31. The van der Waals surface area contributed by atoms with Crippen LogP contribution in [0.15, 0.2) is 28.7 Å². The molecular formula is C11H12BrNO2. The van der Waals surface area contributed by atoms with Crippen molar-refractivity contribution in [1.82, 2.24) is 0 Å². The Morgan fingerprint density at radius 3 is 3.07 bits per heavy atom. The van der Waals surface area contributed by atoms with Gasteiger partial charge in [0, 0.05) is 16.8 Å². The molecule has 0 spiro atoms. The van der Waals surface area contributed by atoms with Crippen LogP contribution in [0, 0.1) is 0 Å². The van der Waals surface area contributed by atoms with Crippen LogP contribution in [0.3, 0.4) is 0 Å². The molecule has 0 unspecified atom stereocenters. The first-order valence-corrected chi connectivity index (χ1v) is 5.73. The largest absolute Gasteiger partial charge is 0.368 e. The van der Waals surface area contributed by atoms with Crippen LogP contribution in [-0.2, 0) is 9.53 Å². The lowest BCUT2D eigenvalue weighted by atomic mass is 10.2. The molecule has 0 radical (unpaired) electrons. The SMILES string of the molecule is O=C(Nc1cccc(Br)c1)[C@@H]1CCCO1. The van der Waals surface area contributed by atoms with Crippen LogP contribution in [0.25, 0.3) is 0 Å². The summed E-state index contributed by atoms with van der Waals surface area (Å²) in [5, 5.41) is 2.83. The third-order valence-corrected chi connectivity index (χ3v) is 2.81. The maximum atomic E-state index is 11.7. The fourth-order valence-corrected chi connectivity index (χ4v) is 1.97. The smallest absolute Gasteiger partial charge is 0.253 e. The van der Waals surface area contributed by atoms with Crippen molar-refractivity contribution in [2.75, 3.05) is 11.9 Å². The molecule has 1 amide bonds. The van der Waals surface area contributed by atoms with Gasteiger partial charge in [-0.1, -0.05) is 22.0 Å². The molecule has 1 aliphatic heterocycles. The molecule has 4 heteroatoms. The minimum Gasteiger partial charge on any atom is -0.368 e. The Morgan fingerprint density at radius 2 is 2.40 bits per heavy atom. The van der Waals surface area contributed by atoms with E-state index < -0.39 is 0 Å². The number of benzene rings is 1. The zero-order chi connectivity index (χ0) is 10.7. The second-order valence-corrected chi connectivity index (χ2v) is 4.42. The number of anilines is 1. The van der Waals surface area contributed by atoms with Crippen LogP contribution >= 0.6 is 15.9 Å². The van der Waals surface area contributed by atoms with Gasteiger partial charge in [0.2, 0.25) is 0 Å². The van der Waals surface area contributed by atoms with Gasteiger partial charge in [0.05, 0.1) is 0 Å². The van der Waals surface area contributed by atoms with E-state index in [1.54, 1.807) is 0 Å². The van der Waals surface area contributed by atoms with Crippen molar-refractivity contribution in [3.8, 4) is 0 Å². The second kappa shape index (κ2) is 4.77. The maximum absolute atomic E-state index is 11.7. The molecule has 1 N–H and O–H groups in total. The van der Waals surface area contributed by atoms with Crippen molar-refractivity contribution in [2.45, 2.75) is 18.9 Å². The van der Waals surface area contributed by atoms with E-state index in [-0.39, 0.29) is 12.0 Å². The van der Waals surface area contributed by atoms with Crippen molar-refractivity contribution in [3.05, 3.63) is 28.7 Å². The van der Waals surface area contributed by atoms with Crippen LogP contribution < -0.4 is 5.32 Å². The zero-order valence-electron chi connectivity index (χ0n) is 8.20. The first kappa shape index (κ1) is 10.6. The van der Waals surface area contributed by atoms with Crippen molar-refractivity contribution < 1.29 is 9.53 Å². The van der Waals surface area contributed by atoms with Crippen molar-refractivity contribution in [1.29, 1.82) is 0 Å². The number of amides is 1. The quantitative estimate of drug-likeness (QED) is 0.896. The van der Waals surface area contributed by atoms with Crippen LogP contribution in [0.2, 0.25) is 0 Å². The summed E-state index contributed by atoms with van der Waals surface area (Å²) in [7, 11) is 0. The standard InChI is InChI=1S/C11H12BrNO2/c12-8-3-1-4-9(7-8)13-11(14)10-5-2-6-15-10/h1,3-4,7,10H,2,5-6H2,(H,13,14)/t10-/m0/s1. The number of ether oxygens (including phenoxy) is 1. The van der Waals surface area contributed by atoms with E-state index in [2.05, 4.69) is 21.2 Å². The molecule has 1 aromatic rings. The summed E-state index contributed by atoms with van der Waals surface area (Å²) in [4.78, 5) is 11.7. The van der Waals surface area contributed by atoms with E-state index >= 15 is 0 Å². The van der Waals surface area contributed by atoms with Crippen LogP contribution in [-0.4, -0.2) is 18.6 Å². The molecule has 80 valence electrons. The van der Waals surface area contributed by atoms with Gasteiger partial charge < -0.3 is 10.1 Å². The number of hydrogen-bond acceptors (Lipinski definition) is 2. The molecule has 0 aromatic heterocycles. The van der Waals surface area contributed by atoms with Gasteiger partial charge in [-0.3, -0.25) is 4.79 Å². The van der Waals surface area contributed by atoms with Gasteiger partial charge in [0.25, 0.3) is 5.91 Å². The van der Waals surface area contributed by atoms with Crippen LogP contribution in [0.5, 0.6) is 0 Å². The van der Waals surface area contributed by atoms with Gasteiger partial charge in [0.15, 0.2) is 0 Å². The first-order chi connectivity index (χ1) is 7.25. The van der Waals surface area contributed by atoms with E-state index in [9.17, 15) is 4.79 Å². The van der Waals surface area contributed by atoms with Gasteiger partial charge in [0.1, 0.15) is 6.10 Å². The lowest BCUT2D eigenvalue weighted by molar-refractivity contribution is -0.124. The second-order valence-electron chi connectivity index (χ2n) is 3.50. The molecule has 15 heavy (non-hydrogen) atoms. The minimum absolute atomic E-state index is 0.0504. The number of hydrogen-bond donors (Lipinski definition) is 1. The zero-order valence-corrected chi connectivity index (χ0v) is 9.79. The molecule has 1 fully saturated rings. The minimum atomic E-state index is -0.274. The summed E-state index contributed by atoms with van der Waals surface area (Å²) >= 11 is 3.35. The van der Waals surface area contributed by atoms with Crippen LogP contribution in [0.4, 0.5) is 5.69 Å². The summed E-state index contributed by atoms with van der Waals surface area (Å²) in [5.74, 6) is -0.0504. The number of rotatable bonds is 2. The lowest BCUT2D eigenvalue weighted by Gasteiger charge is -2.10. The molecule has 0 aliphatic carbocycles. The predicted octanol–water partition coefficient (Wildman–Crippen LogP) is 2.57. The highest BCUT2D eigenvalue weighted by Gasteiger charge is 2.23. The number of nitrogens with one attached hydrogen (secondary N) is 1. The van der Waals surface area contributed by atoms with Crippen molar-refractivity contribution in [3.63, 3.8) is 0 Å². The predicted molar refractivity (Wildman–Crippen MR) is 61.7 cm³/mol. The third kappa shape index (κ3) is 2.79. The Balaban J connectivity index is 1.99. The number of carbonyl (C=O) groups is 1. The molecule has 3 nitrogen and oxygen atoms in total. The Morgan fingerprint density at radius 1 is 1.53 bits per heavy atom. The summed E-state index contributed by atoms with van der Waals surface area (Å²) in [6.45, 7) is 0.691. The highest BCUT2D eigenvalue weighted by molar-refractivity contribution is 9.10. The number of carbonyl (C=O) groups excluding carboxylic acids is 1. The first-order valence-electron chi connectivity index (χ1n) is 4.94. The molecule has 1 atom stereocenters. The highest BCUT2D eigenvalue weighted by Crippen LogP contribution is 2.18. The summed E-state index contributed by atoms with van der Waals surface area (Å²) < 4.78 is 6.24. The van der Waals surface area contributed by atoms with E-state index in [4.69, 9.17) is 4.74 Å². The molecule has 1 saturated heterocycles. The topological polar surface area (TPSA) is 38.3 Å². The summed E-state index contributed by atoms with van der Waals surface area (Å²) in [5.41, 5.74) is 0.796. The van der Waals surface area contributed by atoms with E-state index in [0.29, 0.717) is 6.61 Å². The molecule has 0 bridgehead atoms. The lowest BCUT2D eigenvalue weighted by Crippen LogP contribution is -2.26. The highest BCUT2D eigenvalue weighted by atomic mass is 79.9. The fourth-order valence-electron chi connectivity index (χ4n) is 1.57. The average molecular weight is 270 g/mol. The molecular weight excluding hydrogens is 258 g/mol. The maximum Gasteiger partial charge on any atom is 0.253 e. The Labute approximate surface area is 96.9 Å². The molecule has 0 saturated carbocycles. The van der Waals surface area contributed by atoms with Gasteiger partial charge in [-0.15, -0.1) is 0 Å². The normalized spacial score (nSPS) is 20.2. The molecule has 1 heterocycles. The molecule has 2 rings (SSSR count). The van der Waals surface area contributed by atoms with E-state index in [0.717, 1.165) is 23.0 Å². The monoisotopic (exact) mass is 269 g/mol. The van der Waals surface area contributed by atoms with Gasteiger partial charge in [-0.2, -0.15) is 0 Å². The van der Waals surface area contributed by atoms with Crippen molar-refractivity contribution in [2.24, 2.45) is 0 Å². The Bertz CT molecular complexity index is 361. The molecule has 1 aliphatic rings. The molecule has 1 aromatic carbocycles.